The molecule has 28 heavy (non-hydrogen) atoms. The van der Waals surface area contributed by atoms with Crippen LogP contribution in [0.4, 0.5) is 0 Å². The van der Waals surface area contributed by atoms with Crippen LogP contribution in [0.15, 0.2) is 46.4 Å². The van der Waals surface area contributed by atoms with Crippen LogP contribution >= 0.6 is 0 Å². The van der Waals surface area contributed by atoms with Crippen LogP contribution < -0.4 is 5.32 Å². The number of hydrogen-bond acceptors (Lipinski definition) is 6. The SMILES string of the molecule is C/C=C\C(OC)=C(/C)N(C1CCNC1)S(=O)(=O)/C(=C/C=C(\COC)OC)CC. The van der Waals surface area contributed by atoms with Crippen molar-refractivity contribution in [2.24, 2.45) is 0 Å². The summed E-state index contributed by atoms with van der Waals surface area (Å²) in [6.07, 6.45) is 7.94. The van der Waals surface area contributed by atoms with Crippen molar-refractivity contribution < 1.29 is 22.6 Å². The molecule has 1 atom stereocenters. The van der Waals surface area contributed by atoms with Crippen LogP contribution in [0.1, 0.15) is 33.6 Å². The minimum atomic E-state index is -3.75. The van der Waals surface area contributed by atoms with Crippen molar-refractivity contribution in [2.45, 2.75) is 39.7 Å². The Morgan fingerprint density at radius 3 is 2.39 bits per heavy atom. The molecule has 0 bridgehead atoms. The molecule has 8 heteroatoms. The van der Waals surface area contributed by atoms with Crippen molar-refractivity contribution in [3.05, 3.63) is 46.4 Å². The molecule has 1 fully saturated rings. The first-order chi connectivity index (χ1) is 13.4. The molecule has 7 nitrogen and oxygen atoms in total. The quantitative estimate of drug-likeness (QED) is 0.414. The molecule has 0 saturated carbocycles. The molecular weight excluding hydrogens is 380 g/mol. The number of nitrogens with zero attached hydrogens (tertiary/aromatic N) is 1. The van der Waals surface area contributed by atoms with Crippen molar-refractivity contribution in [1.29, 1.82) is 0 Å². The molecule has 0 aromatic heterocycles. The van der Waals surface area contributed by atoms with Gasteiger partial charge in [0.05, 0.1) is 30.9 Å². The van der Waals surface area contributed by atoms with E-state index in [9.17, 15) is 8.42 Å². The molecule has 0 radical (unpaired) electrons. The van der Waals surface area contributed by atoms with E-state index in [4.69, 9.17) is 14.2 Å². The summed E-state index contributed by atoms with van der Waals surface area (Å²) in [7, 11) is 0.893. The maximum Gasteiger partial charge on any atom is 0.260 e. The van der Waals surface area contributed by atoms with Gasteiger partial charge in [0.2, 0.25) is 0 Å². The number of ether oxygens (including phenoxy) is 3. The van der Waals surface area contributed by atoms with E-state index >= 15 is 0 Å². The van der Waals surface area contributed by atoms with Crippen LogP contribution in [-0.4, -0.2) is 59.8 Å². The number of nitrogens with one attached hydrogen (secondary N) is 1. The zero-order valence-electron chi connectivity index (χ0n) is 17.8. The predicted molar refractivity (Wildman–Crippen MR) is 112 cm³/mol. The minimum Gasteiger partial charge on any atom is -0.499 e. The molecule has 0 aromatic carbocycles. The average Bonchev–Trinajstić information content (AvgIpc) is 3.19. The average molecular weight is 415 g/mol. The summed E-state index contributed by atoms with van der Waals surface area (Å²) in [6.45, 7) is 7.13. The Kier molecular flexibility index (Phi) is 10.3. The molecule has 1 N–H and O–H groups in total. The summed E-state index contributed by atoms with van der Waals surface area (Å²) in [4.78, 5) is 0.306. The van der Waals surface area contributed by atoms with E-state index < -0.39 is 10.0 Å². The number of rotatable bonds is 11. The highest BCUT2D eigenvalue weighted by Crippen LogP contribution is 2.28. The fraction of sp³-hybridized carbons (Fsp3) is 0.600. The van der Waals surface area contributed by atoms with Crippen LogP contribution in [0.3, 0.4) is 0 Å². The van der Waals surface area contributed by atoms with Crippen LogP contribution in [0.5, 0.6) is 0 Å². The van der Waals surface area contributed by atoms with E-state index in [-0.39, 0.29) is 12.6 Å². The molecule has 1 rings (SSSR count). The van der Waals surface area contributed by atoms with Crippen LogP contribution in [0.2, 0.25) is 0 Å². The lowest BCUT2D eigenvalue weighted by molar-refractivity contribution is 0.159. The van der Waals surface area contributed by atoms with E-state index in [0.29, 0.717) is 35.1 Å². The first kappa shape index (κ1) is 24.3. The Labute approximate surface area is 169 Å². The molecule has 0 aliphatic carbocycles. The molecule has 1 heterocycles. The summed E-state index contributed by atoms with van der Waals surface area (Å²) in [5.74, 6) is 1.08. The monoisotopic (exact) mass is 414 g/mol. The van der Waals surface area contributed by atoms with E-state index in [1.165, 1.54) is 11.4 Å². The summed E-state index contributed by atoms with van der Waals surface area (Å²) in [5, 5.41) is 3.25. The van der Waals surface area contributed by atoms with Crippen LogP contribution in [0.25, 0.3) is 0 Å². The van der Waals surface area contributed by atoms with Gasteiger partial charge in [-0.1, -0.05) is 13.0 Å². The highest BCUT2D eigenvalue weighted by molar-refractivity contribution is 7.93. The van der Waals surface area contributed by atoms with Gasteiger partial charge >= 0.3 is 0 Å². The Hall–Kier alpha value is -1.77. The van der Waals surface area contributed by atoms with Crippen molar-refractivity contribution in [1.82, 2.24) is 9.62 Å². The molecule has 160 valence electrons. The summed E-state index contributed by atoms with van der Waals surface area (Å²) in [6, 6.07) is -0.166. The molecule has 1 aliphatic heterocycles. The van der Waals surface area contributed by atoms with Gasteiger partial charge < -0.3 is 19.5 Å². The van der Waals surface area contributed by atoms with Crippen molar-refractivity contribution in [2.75, 3.05) is 41.0 Å². The smallest absolute Gasteiger partial charge is 0.260 e. The summed E-state index contributed by atoms with van der Waals surface area (Å²) in [5.41, 5.74) is 0.571. The van der Waals surface area contributed by atoms with E-state index in [2.05, 4.69) is 5.32 Å². The molecular formula is C20H34N2O5S. The van der Waals surface area contributed by atoms with Crippen LogP contribution in [-0.2, 0) is 24.2 Å². The predicted octanol–water partition coefficient (Wildman–Crippen LogP) is 2.90. The van der Waals surface area contributed by atoms with Gasteiger partial charge in [0, 0.05) is 13.7 Å². The Bertz CT molecular complexity index is 717. The molecule has 1 unspecified atom stereocenters. The van der Waals surface area contributed by atoms with Gasteiger partial charge in [0.15, 0.2) is 0 Å². The van der Waals surface area contributed by atoms with Gasteiger partial charge in [-0.15, -0.1) is 0 Å². The minimum absolute atomic E-state index is 0.166. The number of methoxy groups -OCH3 is 3. The topological polar surface area (TPSA) is 77.1 Å². The van der Waals surface area contributed by atoms with Crippen LogP contribution in [0, 0.1) is 0 Å². The van der Waals surface area contributed by atoms with E-state index in [0.717, 1.165) is 13.0 Å². The number of hydrogen-bond donors (Lipinski definition) is 1. The second-order valence-corrected chi connectivity index (χ2v) is 8.23. The van der Waals surface area contributed by atoms with Gasteiger partial charge in [0.25, 0.3) is 10.0 Å². The fourth-order valence-electron chi connectivity index (χ4n) is 3.10. The highest BCUT2D eigenvalue weighted by Gasteiger charge is 2.35. The van der Waals surface area contributed by atoms with Crippen molar-refractivity contribution >= 4 is 10.0 Å². The summed E-state index contributed by atoms with van der Waals surface area (Å²) < 4.78 is 44.4. The largest absolute Gasteiger partial charge is 0.499 e. The molecule has 1 saturated heterocycles. The van der Waals surface area contributed by atoms with Gasteiger partial charge in [-0.25, -0.2) is 8.42 Å². The third kappa shape index (κ3) is 6.12. The number of allylic oxidation sites excluding steroid dienone is 6. The second-order valence-electron chi connectivity index (χ2n) is 6.36. The number of sulfonamides is 1. The molecule has 0 spiro atoms. The van der Waals surface area contributed by atoms with Gasteiger partial charge in [0.1, 0.15) is 18.1 Å². The molecule has 0 amide bonds. The maximum atomic E-state index is 13.6. The maximum absolute atomic E-state index is 13.6. The van der Waals surface area contributed by atoms with Crippen molar-refractivity contribution in [3.63, 3.8) is 0 Å². The lowest BCUT2D eigenvalue weighted by Crippen LogP contribution is -2.41. The third-order valence-corrected chi connectivity index (χ3v) is 6.71. The first-order valence-electron chi connectivity index (χ1n) is 9.42. The second kappa shape index (κ2) is 11.9. The lowest BCUT2D eigenvalue weighted by Gasteiger charge is -2.32. The Balaban J connectivity index is 3.48. The highest BCUT2D eigenvalue weighted by atomic mass is 32.2. The third-order valence-electron chi connectivity index (χ3n) is 4.53. The molecule has 1 aliphatic rings. The van der Waals surface area contributed by atoms with Gasteiger partial charge in [-0.05, 0) is 51.5 Å². The zero-order valence-corrected chi connectivity index (χ0v) is 18.6. The van der Waals surface area contributed by atoms with E-state index in [1.807, 2.05) is 19.9 Å². The normalized spacial score (nSPS) is 19.7. The zero-order chi connectivity index (χ0) is 21.2. The molecule has 0 aromatic rings. The Morgan fingerprint density at radius 1 is 1.21 bits per heavy atom. The first-order valence-corrected chi connectivity index (χ1v) is 10.9. The standard InChI is InChI=1S/C20H34N2O5S/c1-7-9-20(27-6)16(3)22(17-12-13-21-14-17)28(23,24)19(8-2)11-10-18(26-5)15-25-4/h7,9-11,17,21H,8,12-15H2,1-6H3/b9-7-,18-10+,19-11+,20-16-. The van der Waals surface area contributed by atoms with Gasteiger partial charge in [-0.2, -0.15) is 0 Å². The van der Waals surface area contributed by atoms with Crippen molar-refractivity contribution in [3.8, 4) is 0 Å². The fourth-order valence-corrected chi connectivity index (χ4v) is 4.98. The van der Waals surface area contributed by atoms with E-state index in [1.54, 1.807) is 39.4 Å². The Morgan fingerprint density at radius 2 is 1.93 bits per heavy atom. The lowest BCUT2D eigenvalue weighted by atomic mass is 10.2. The summed E-state index contributed by atoms with van der Waals surface area (Å²) >= 11 is 0. The van der Waals surface area contributed by atoms with Gasteiger partial charge in [-0.3, -0.25) is 4.31 Å².